The fourth-order valence-electron chi connectivity index (χ4n) is 1.26. The summed E-state index contributed by atoms with van der Waals surface area (Å²) in [6.07, 6.45) is 3.97. The number of pyridine rings is 1. The van der Waals surface area contributed by atoms with Crippen LogP contribution in [0.4, 0.5) is 0 Å². The van der Waals surface area contributed by atoms with Gasteiger partial charge in [0.05, 0.1) is 0 Å². The zero-order valence-corrected chi connectivity index (χ0v) is 9.63. The van der Waals surface area contributed by atoms with E-state index in [0.29, 0.717) is 0 Å². The molecule has 0 fully saturated rings. The predicted molar refractivity (Wildman–Crippen MR) is 58.5 cm³/mol. The summed E-state index contributed by atoms with van der Waals surface area (Å²) in [6.45, 7) is 4.16. The van der Waals surface area contributed by atoms with Crippen LogP contribution < -0.4 is 5.73 Å². The number of nitrogens with two attached hydrogens (primary N) is 1. The van der Waals surface area contributed by atoms with Gasteiger partial charge in [-0.1, -0.05) is 19.4 Å². The Balaban J connectivity index is 2.84. The van der Waals surface area contributed by atoms with Gasteiger partial charge in [-0.25, -0.2) is 4.98 Å². The minimum Gasteiger partial charge on any atom is -0.324 e. The van der Waals surface area contributed by atoms with E-state index >= 15 is 0 Å². The molecule has 0 spiro atoms. The summed E-state index contributed by atoms with van der Waals surface area (Å²) in [5.41, 5.74) is 8.24. The molecule has 0 amide bonds. The van der Waals surface area contributed by atoms with Crippen LogP contribution in [0.3, 0.4) is 0 Å². The van der Waals surface area contributed by atoms with Crippen LogP contribution in [0.5, 0.6) is 0 Å². The lowest BCUT2D eigenvalue weighted by atomic mass is 10.0. The quantitative estimate of drug-likeness (QED) is 0.829. The van der Waals surface area contributed by atoms with Gasteiger partial charge in [0.1, 0.15) is 4.60 Å². The molecule has 13 heavy (non-hydrogen) atoms. The molecule has 0 unspecified atom stereocenters. The lowest BCUT2D eigenvalue weighted by Crippen LogP contribution is -2.10. The minimum absolute atomic E-state index is 0.129. The summed E-state index contributed by atoms with van der Waals surface area (Å²) >= 11 is 3.37. The zero-order chi connectivity index (χ0) is 9.84. The number of aryl methyl sites for hydroxylation is 1. The topological polar surface area (TPSA) is 38.9 Å². The van der Waals surface area contributed by atoms with Gasteiger partial charge in [0.15, 0.2) is 0 Å². The third-order valence-electron chi connectivity index (χ3n) is 2.06. The van der Waals surface area contributed by atoms with Crippen molar-refractivity contribution in [2.75, 3.05) is 0 Å². The second-order valence-electron chi connectivity index (χ2n) is 3.27. The Bertz CT molecular complexity index is 286. The van der Waals surface area contributed by atoms with Gasteiger partial charge >= 0.3 is 0 Å². The molecule has 0 saturated heterocycles. The first-order valence-electron chi connectivity index (χ1n) is 4.52. The Labute approximate surface area is 87.7 Å². The van der Waals surface area contributed by atoms with Crippen LogP contribution in [-0.4, -0.2) is 4.98 Å². The predicted octanol–water partition coefficient (Wildman–Crippen LogP) is 2.95. The van der Waals surface area contributed by atoms with Crippen LogP contribution in [0.1, 0.15) is 36.9 Å². The number of nitrogens with zero attached hydrogens (tertiary/aromatic N) is 1. The first-order valence-corrected chi connectivity index (χ1v) is 5.32. The Morgan fingerprint density at radius 1 is 1.62 bits per heavy atom. The molecule has 0 aliphatic carbocycles. The van der Waals surface area contributed by atoms with E-state index < -0.39 is 0 Å². The van der Waals surface area contributed by atoms with Gasteiger partial charge in [0.2, 0.25) is 0 Å². The maximum atomic E-state index is 5.97. The molecule has 0 bridgehead atoms. The van der Waals surface area contributed by atoms with Crippen molar-refractivity contribution in [1.82, 2.24) is 4.98 Å². The number of hydrogen-bond acceptors (Lipinski definition) is 2. The highest BCUT2D eigenvalue weighted by molar-refractivity contribution is 9.10. The van der Waals surface area contributed by atoms with Crippen LogP contribution in [0.25, 0.3) is 0 Å². The number of rotatable bonds is 3. The smallest absolute Gasteiger partial charge is 0.108 e. The summed E-state index contributed by atoms with van der Waals surface area (Å²) in [5, 5.41) is 0. The lowest BCUT2D eigenvalue weighted by molar-refractivity contribution is 0.635. The van der Waals surface area contributed by atoms with E-state index in [1.54, 1.807) is 0 Å². The van der Waals surface area contributed by atoms with E-state index in [9.17, 15) is 0 Å². The van der Waals surface area contributed by atoms with Crippen LogP contribution in [0, 0.1) is 6.92 Å². The second kappa shape index (κ2) is 4.72. The largest absolute Gasteiger partial charge is 0.324 e. The van der Waals surface area contributed by atoms with Gasteiger partial charge in [-0.3, -0.25) is 0 Å². The van der Waals surface area contributed by atoms with Crippen molar-refractivity contribution >= 4 is 15.9 Å². The molecule has 0 saturated carbocycles. The van der Waals surface area contributed by atoms with E-state index in [-0.39, 0.29) is 6.04 Å². The monoisotopic (exact) mass is 242 g/mol. The molecule has 2 N–H and O–H groups in total. The summed E-state index contributed by atoms with van der Waals surface area (Å²) in [6, 6.07) is 2.22. The van der Waals surface area contributed by atoms with Crippen LogP contribution in [0.15, 0.2) is 16.9 Å². The molecule has 1 heterocycles. The van der Waals surface area contributed by atoms with Gasteiger partial charge < -0.3 is 5.73 Å². The average Bonchev–Trinajstić information content (AvgIpc) is 2.10. The SMILES string of the molecule is CCC[C@H](N)c1cnc(Br)c(C)c1. The Hall–Kier alpha value is -0.410. The van der Waals surface area contributed by atoms with Gasteiger partial charge in [-0.2, -0.15) is 0 Å². The second-order valence-corrected chi connectivity index (χ2v) is 4.02. The highest BCUT2D eigenvalue weighted by Gasteiger charge is 2.06. The van der Waals surface area contributed by atoms with E-state index in [2.05, 4.69) is 33.9 Å². The summed E-state index contributed by atoms with van der Waals surface area (Å²) in [4.78, 5) is 4.22. The van der Waals surface area contributed by atoms with Crippen molar-refractivity contribution in [1.29, 1.82) is 0 Å². The third kappa shape index (κ3) is 2.78. The van der Waals surface area contributed by atoms with Crippen molar-refractivity contribution < 1.29 is 0 Å². The van der Waals surface area contributed by atoms with E-state index in [1.165, 1.54) is 0 Å². The van der Waals surface area contributed by atoms with Crippen molar-refractivity contribution in [3.8, 4) is 0 Å². The molecule has 0 radical (unpaired) electrons. The summed E-state index contributed by atoms with van der Waals surface area (Å²) in [7, 11) is 0. The number of hydrogen-bond donors (Lipinski definition) is 1. The molecular formula is C10H15BrN2. The first kappa shape index (κ1) is 10.7. The fraction of sp³-hybridized carbons (Fsp3) is 0.500. The van der Waals surface area contributed by atoms with E-state index in [1.807, 2.05) is 13.1 Å². The zero-order valence-electron chi connectivity index (χ0n) is 8.05. The van der Waals surface area contributed by atoms with Crippen molar-refractivity contribution in [2.24, 2.45) is 5.73 Å². The summed E-state index contributed by atoms with van der Waals surface area (Å²) in [5.74, 6) is 0. The maximum Gasteiger partial charge on any atom is 0.108 e. The summed E-state index contributed by atoms with van der Waals surface area (Å²) < 4.78 is 0.903. The molecule has 1 rings (SSSR count). The average molecular weight is 243 g/mol. The van der Waals surface area contributed by atoms with Crippen LogP contribution in [-0.2, 0) is 0 Å². The Morgan fingerprint density at radius 3 is 2.85 bits per heavy atom. The van der Waals surface area contributed by atoms with Crippen molar-refractivity contribution in [2.45, 2.75) is 32.7 Å². The van der Waals surface area contributed by atoms with Gasteiger partial charge in [-0.05, 0) is 40.4 Å². The van der Waals surface area contributed by atoms with Crippen LogP contribution in [0.2, 0.25) is 0 Å². The molecular weight excluding hydrogens is 228 g/mol. The number of aromatic nitrogens is 1. The molecule has 1 atom stereocenters. The van der Waals surface area contributed by atoms with Gasteiger partial charge in [0, 0.05) is 12.2 Å². The molecule has 0 aliphatic rings. The van der Waals surface area contributed by atoms with Gasteiger partial charge in [-0.15, -0.1) is 0 Å². The molecule has 72 valence electrons. The van der Waals surface area contributed by atoms with Crippen molar-refractivity contribution in [3.05, 3.63) is 28.0 Å². The van der Waals surface area contributed by atoms with E-state index in [0.717, 1.165) is 28.6 Å². The minimum atomic E-state index is 0.129. The van der Waals surface area contributed by atoms with Crippen molar-refractivity contribution in [3.63, 3.8) is 0 Å². The molecule has 1 aromatic heterocycles. The highest BCUT2D eigenvalue weighted by atomic mass is 79.9. The third-order valence-corrected chi connectivity index (χ3v) is 2.89. The maximum absolute atomic E-state index is 5.97. The molecule has 1 aromatic rings. The fourth-order valence-corrected chi connectivity index (χ4v) is 1.48. The van der Waals surface area contributed by atoms with Gasteiger partial charge in [0.25, 0.3) is 0 Å². The molecule has 0 aliphatic heterocycles. The van der Waals surface area contributed by atoms with E-state index in [4.69, 9.17) is 5.73 Å². The first-order chi connectivity index (χ1) is 6.15. The standard InChI is InChI=1S/C10H15BrN2/c1-3-4-9(12)8-5-7(2)10(11)13-6-8/h5-6,9H,3-4,12H2,1-2H3/t9-/m0/s1. The Morgan fingerprint density at radius 2 is 2.31 bits per heavy atom. The molecule has 3 heteroatoms. The Kier molecular flexibility index (Phi) is 3.88. The lowest BCUT2D eigenvalue weighted by Gasteiger charge is -2.11. The normalized spacial score (nSPS) is 12.9. The highest BCUT2D eigenvalue weighted by Crippen LogP contribution is 2.19. The molecule has 2 nitrogen and oxygen atoms in total. The molecule has 0 aromatic carbocycles. The van der Waals surface area contributed by atoms with Crippen LogP contribution >= 0.6 is 15.9 Å². The number of halogens is 1.